The molecule has 2 heterocycles. The van der Waals surface area contributed by atoms with Crippen LogP contribution in [0.4, 0.5) is 0 Å². The van der Waals surface area contributed by atoms with Gasteiger partial charge in [0.2, 0.25) is 0 Å². The molecule has 3 rings (SSSR count). The molecule has 1 aliphatic heterocycles. The first-order valence-electron chi connectivity index (χ1n) is 5.83. The molecule has 0 saturated carbocycles. The minimum Gasteiger partial charge on any atom is -0.485 e. The van der Waals surface area contributed by atoms with Gasteiger partial charge < -0.3 is 19.0 Å². The lowest BCUT2D eigenvalue weighted by molar-refractivity contribution is 0.106. The molecule has 98 valence electrons. The van der Waals surface area contributed by atoms with Gasteiger partial charge >= 0.3 is 5.63 Å². The number of hydrogen-bond acceptors (Lipinski definition) is 5. The summed E-state index contributed by atoms with van der Waals surface area (Å²) >= 11 is 0. The van der Waals surface area contributed by atoms with E-state index in [9.17, 15) is 4.79 Å². The molecule has 0 amide bonds. The van der Waals surface area contributed by atoms with E-state index in [0.717, 1.165) is 5.39 Å². The van der Waals surface area contributed by atoms with Crippen molar-refractivity contribution in [3.63, 3.8) is 0 Å². The molecular formula is C14H12O5. The summed E-state index contributed by atoms with van der Waals surface area (Å²) in [6.45, 7) is 3.85. The fourth-order valence-corrected chi connectivity index (χ4v) is 1.94. The van der Waals surface area contributed by atoms with E-state index in [1.54, 1.807) is 18.2 Å². The van der Waals surface area contributed by atoms with Crippen molar-refractivity contribution in [3.8, 4) is 11.5 Å². The molecule has 1 aromatic heterocycles. The lowest BCUT2D eigenvalue weighted by Gasteiger charge is -2.27. The van der Waals surface area contributed by atoms with Crippen LogP contribution in [0.2, 0.25) is 0 Å². The van der Waals surface area contributed by atoms with Crippen LogP contribution in [0.1, 0.15) is 0 Å². The van der Waals surface area contributed by atoms with E-state index in [-0.39, 0.29) is 19.3 Å². The zero-order valence-corrected chi connectivity index (χ0v) is 10.1. The molecule has 0 saturated heterocycles. The van der Waals surface area contributed by atoms with Gasteiger partial charge in [-0.25, -0.2) is 4.79 Å². The van der Waals surface area contributed by atoms with Crippen LogP contribution in [0.3, 0.4) is 0 Å². The zero-order chi connectivity index (χ0) is 13.4. The Hall–Kier alpha value is -2.27. The van der Waals surface area contributed by atoms with Crippen molar-refractivity contribution < 1.29 is 19.0 Å². The second-order valence-corrected chi connectivity index (χ2v) is 4.33. The van der Waals surface area contributed by atoms with E-state index in [4.69, 9.17) is 19.0 Å². The van der Waals surface area contributed by atoms with Gasteiger partial charge in [0.05, 0.1) is 6.61 Å². The number of rotatable bonds is 2. The summed E-state index contributed by atoms with van der Waals surface area (Å²) in [4.78, 5) is 11.2. The van der Waals surface area contributed by atoms with E-state index in [1.165, 1.54) is 6.07 Å². The minimum atomic E-state index is -0.407. The van der Waals surface area contributed by atoms with E-state index in [0.29, 0.717) is 22.7 Å². The van der Waals surface area contributed by atoms with Crippen molar-refractivity contribution in [2.75, 3.05) is 13.2 Å². The summed E-state index contributed by atoms with van der Waals surface area (Å²) in [6.07, 6.45) is -0.370. The molecule has 0 aliphatic carbocycles. The second-order valence-electron chi connectivity index (χ2n) is 4.33. The first-order valence-corrected chi connectivity index (χ1v) is 5.83. The summed E-state index contributed by atoms with van der Waals surface area (Å²) in [5, 5.41) is 9.80. The van der Waals surface area contributed by atoms with Crippen molar-refractivity contribution >= 4 is 11.0 Å². The number of ether oxygens (including phenoxy) is 2. The van der Waals surface area contributed by atoms with Crippen molar-refractivity contribution in [2.45, 2.75) is 6.10 Å². The minimum absolute atomic E-state index is 0.147. The summed E-state index contributed by atoms with van der Waals surface area (Å²) in [6, 6.07) is 6.38. The molecule has 1 N–H and O–H groups in total. The maximum absolute atomic E-state index is 11.2. The Kier molecular flexibility index (Phi) is 2.76. The molecule has 5 nitrogen and oxygen atoms in total. The smallest absolute Gasteiger partial charge is 0.336 e. The number of hydrogen-bond donors (Lipinski definition) is 1. The third-order valence-corrected chi connectivity index (χ3v) is 3.00. The molecule has 0 unspecified atom stereocenters. The van der Waals surface area contributed by atoms with E-state index >= 15 is 0 Å². The summed E-state index contributed by atoms with van der Waals surface area (Å²) in [7, 11) is 0. The third-order valence-electron chi connectivity index (χ3n) is 3.00. The van der Waals surface area contributed by atoms with Crippen LogP contribution in [0, 0.1) is 0 Å². The number of aliphatic hydroxyl groups is 1. The average Bonchev–Trinajstić information content (AvgIpc) is 2.43. The predicted octanol–water partition coefficient (Wildman–Crippen LogP) is 1.48. The van der Waals surface area contributed by atoms with Gasteiger partial charge in [-0.05, 0) is 17.7 Å². The maximum atomic E-state index is 11.2. The third kappa shape index (κ3) is 2.08. The predicted molar refractivity (Wildman–Crippen MR) is 68.6 cm³/mol. The SMILES string of the molecule is C=C(CO)[C@H]1COc2cc3oc(=O)ccc3cc2O1. The fraction of sp³-hybridized carbons (Fsp3) is 0.214. The van der Waals surface area contributed by atoms with Crippen molar-refractivity contribution in [1.29, 1.82) is 0 Å². The van der Waals surface area contributed by atoms with Gasteiger partial charge in [0.15, 0.2) is 17.6 Å². The highest BCUT2D eigenvalue weighted by Crippen LogP contribution is 2.36. The Morgan fingerprint density at radius 2 is 2.21 bits per heavy atom. The summed E-state index contributed by atoms with van der Waals surface area (Å²) < 4.78 is 16.3. The Bertz CT molecular complexity index is 701. The largest absolute Gasteiger partial charge is 0.485 e. The van der Waals surface area contributed by atoms with Crippen LogP contribution < -0.4 is 15.1 Å². The van der Waals surface area contributed by atoms with Gasteiger partial charge in [-0.3, -0.25) is 0 Å². The molecule has 2 aromatic rings. The first-order chi connectivity index (χ1) is 9.17. The van der Waals surface area contributed by atoms with Crippen LogP contribution in [0.5, 0.6) is 11.5 Å². The fourth-order valence-electron chi connectivity index (χ4n) is 1.94. The highest BCUT2D eigenvalue weighted by atomic mass is 16.6. The van der Waals surface area contributed by atoms with Gasteiger partial charge in [-0.2, -0.15) is 0 Å². The number of aliphatic hydroxyl groups excluding tert-OH is 1. The average molecular weight is 260 g/mol. The Morgan fingerprint density at radius 1 is 1.37 bits per heavy atom. The maximum Gasteiger partial charge on any atom is 0.336 e. The zero-order valence-electron chi connectivity index (χ0n) is 10.1. The van der Waals surface area contributed by atoms with E-state index in [1.807, 2.05) is 0 Å². The molecule has 5 heteroatoms. The quantitative estimate of drug-likeness (QED) is 0.654. The summed E-state index contributed by atoms with van der Waals surface area (Å²) in [5.74, 6) is 1.07. The van der Waals surface area contributed by atoms with Crippen molar-refractivity contribution in [3.05, 3.63) is 46.8 Å². The highest BCUT2D eigenvalue weighted by molar-refractivity contribution is 5.80. The molecule has 0 bridgehead atoms. The topological polar surface area (TPSA) is 68.9 Å². The van der Waals surface area contributed by atoms with Crippen LogP contribution in [-0.2, 0) is 0 Å². The Morgan fingerprint density at radius 3 is 3.00 bits per heavy atom. The normalized spacial score (nSPS) is 17.4. The van der Waals surface area contributed by atoms with Crippen LogP contribution >= 0.6 is 0 Å². The van der Waals surface area contributed by atoms with Crippen LogP contribution in [-0.4, -0.2) is 24.4 Å². The van der Waals surface area contributed by atoms with Gasteiger partial charge in [0, 0.05) is 17.5 Å². The van der Waals surface area contributed by atoms with Crippen LogP contribution in [0.15, 0.2) is 45.6 Å². The molecule has 0 radical (unpaired) electrons. The van der Waals surface area contributed by atoms with Gasteiger partial charge in [0.1, 0.15) is 12.2 Å². The van der Waals surface area contributed by atoms with Crippen molar-refractivity contribution in [2.24, 2.45) is 0 Å². The monoisotopic (exact) mass is 260 g/mol. The molecule has 1 atom stereocenters. The molecule has 0 fully saturated rings. The lowest BCUT2D eigenvalue weighted by atomic mass is 10.1. The second kappa shape index (κ2) is 4.44. The molecule has 1 aliphatic rings. The Labute approximate surface area is 108 Å². The Balaban J connectivity index is 2.03. The highest BCUT2D eigenvalue weighted by Gasteiger charge is 2.23. The van der Waals surface area contributed by atoms with Gasteiger partial charge in [-0.15, -0.1) is 0 Å². The number of fused-ring (bicyclic) bond motifs is 2. The van der Waals surface area contributed by atoms with E-state index in [2.05, 4.69) is 6.58 Å². The lowest BCUT2D eigenvalue weighted by Crippen LogP contribution is -2.31. The molecular weight excluding hydrogens is 248 g/mol. The van der Waals surface area contributed by atoms with Crippen molar-refractivity contribution in [1.82, 2.24) is 0 Å². The summed E-state index contributed by atoms with van der Waals surface area (Å²) in [5.41, 5.74) is 0.607. The standard InChI is InChI=1S/C14H12O5/c1-8(6-15)13-7-17-11-5-10-9(4-12(11)18-13)2-3-14(16)19-10/h2-5,13,15H,1,6-7H2/t13-/m1/s1. The van der Waals surface area contributed by atoms with Crippen LogP contribution in [0.25, 0.3) is 11.0 Å². The van der Waals surface area contributed by atoms with Gasteiger partial charge in [-0.1, -0.05) is 6.58 Å². The number of benzene rings is 1. The molecule has 19 heavy (non-hydrogen) atoms. The first kappa shape index (κ1) is 11.8. The van der Waals surface area contributed by atoms with E-state index < -0.39 is 5.63 Å². The molecule has 1 aromatic carbocycles. The molecule has 0 spiro atoms. The van der Waals surface area contributed by atoms with Gasteiger partial charge in [0.25, 0.3) is 0 Å².